The van der Waals surface area contributed by atoms with Crippen molar-refractivity contribution < 1.29 is 9.59 Å². The van der Waals surface area contributed by atoms with Gasteiger partial charge in [0.25, 0.3) is 0 Å². The summed E-state index contributed by atoms with van der Waals surface area (Å²) in [6.45, 7) is 3.82. The number of nitrogens with one attached hydrogen (secondary N) is 1. The van der Waals surface area contributed by atoms with E-state index in [1.165, 1.54) is 11.8 Å². The fourth-order valence-electron chi connectivity index (χ4n) is 2.09. The molecule has 2 amide bonds. The average Bonchev–Trinajstić information content (AvgIpc) is 2.74. The normalized spacial score (nSPS) is 18.4. The molecule has 0 unspecified atom stereocenters. The van der Waals surface area contributed by atoms with Crippen molar-refractivity contribution in [3.8, 4) is 0 Å². The number of rotatable bonds is 4. The Morgan fingerprint density at radius 1 is 1.43 bits per heavy atom. The predicted octanol–water partition coefficient (Wildman–Crippen LogP) is 3.09. The summed E-state index contributed by atoms with van der Waals surface area (Å²) >= 11 is 13.4. The Kier molecular flexibility index (Phi) is 5.41. The topological polar surface area (TPSA) is 49.4 Å². The van der Waals surface area contributed by atoms with Crippen molar-refractivity contribution in [3.05, 3.63) is 33.8 Å². The quantitative estimate of drug-likeness (QED) is 0.911. The molecule has 1 saturated heterocycles. The molecule has 1 aliphatic rings. The summed E-state index contributed by atoms with van der Waals surface area (Å²) in [5.74, 6) is 0.153. The molecule has 4 nitrogen and oxygen atoms in total. The van der Waals surface area contributed by atoms with Gasteiger partial charge >= 0.3 is 0 Å². The highest BCUT2D eigenvalue weighted by molar-refractivity contribution is 8.00. The lowest BCUT2D eigenvalue weighted by atomic mass is 10.2. The molecule has 0 radical (unpaired) electrons. The maximum Gasteiger partial charge on any atom is 0.239 e. The molecule has 7 heteroatoms. The number of carbonyl (C=O) groups excluding carboxylic acids is 2. The van der Waals surface area contributed by atoms with E-state index in [9.17, 15) is 9.59 Å². The van der Waals surface area contributed by atoms with E-state index in [0.717, 1.165) is 5.56 Å². The molecular formula is C14H16Cl2N2O2S. The standard InChI is InChI=1S/C14H16Cl2N2O2S/c1-8(2)17-12(19)6-18-13(20)7-21-14(18)9-3-4-10(15)11(16)5-9/h3-5,8,14H,6-7H2,1-2H3,(H,17,19)/t14-/m0/s1. The second-order valence-corrected chi connectivity index (χ2v) is 6.96. The van der Waals surface area contributed by atoms with Crippen molar-refractivity contribution >= 4 is 46.8 Å². The van der Waals surface area contributed by atoms with Crippen molar-refractivity contribution in [3.63, 3.8) is 0 Å². The number of hydrogen-bond donors (Lipinski definition) is 1. The Bertz CT molecular complexity index is 566. The fourth-order valence-corrected chi connectivity index (χ4v) is 3.57. The van der Waals surface area contributed by atoms with Gasteiger partial charge in [-0.25, -0.2) is 0 Å². The van der Waals surface area contributed by atoms with Gasteiger partial charge in [0, 0.05) is 6.04 Å². The number of halogens is 2. The van der Waals surface area contributed by atoms with E-state index in [1.807, 2.05) is 19.9 Å². The van der Waals surface area contributed by atoms with Crippen LogP contribution in [-0.2, 0) is 9.59 Å². The van der Waals surface area contributed by atoms with Crippen molar-refractivity contribution in [2.45, 2.75) is 25.3 Å². The lowest BCUT2D eigenvalue weighted by Gasteiger charge is -2.24. The highest BCUT2D eigenvalue weighted by Gasteiger charge is 2.34. The lowest BCUT2D eigenvalue weighted by Crippen LogP contribution is -2.41. The van der Waals surface area contributed by atoms with E-state index >= 15 is 0 Å². The van der Waals surface area contributed by atoms with Gasteiger partial charge in [0.15, 0.2) is 0 Å². The third kappa shape index (κ3) is 4.05. The average molecular weight is 347 g/mol. The first-order chi connectivity index (χ1) is 9.88. The molecule has 1 atom stereocenters. The van der Waals surface area contributed by atoms with E-state index in [4.69, 9.17) is 23.2 Å². The third-order valence-electron chi connectivity index (χ3n) is 2.96. The molecule has 1 aliphatic heterocycles. The molecule has 1 N–H and O–H groups in total. The van der Waals surface area contributed by atoms with Gasteiger partial charge in [0.2, 0.25) is 11.8 Å². The highest BCUT2D eigenvalue weighted by Crippen LogP contribution is 2.40. The molecule has 1 aromatic rings. The van der Waals surface area contributed by atoms with Crippen LogP contribution in [0.3, 0.4) is 0 Å². The number of nitrogens with zero attached hydrogens (tertiary/aromatic N) is 1. The van der Waals surface area contributed by atoms with E-state index < -0.39 is 0 Å². The molecule has 0 spiro atoms. The minimum atomic E-state index is -0.204. The van der Waals surface area contributed by atoms with Crippen molar-refractivity contribution in [2.75, 3.05) is 12.3 Å². The van der Waals surface area contributed by atoms with Gasteiger partial charge in [-0.2, -0.15) is 0 Å². The lowest BCUT2D eigenvalue weighted by molar-refractivity contribution is -0.134. The second-order valence-electron chi connectivity index (χ2n) is 5.08. The first kappa shape index (κ1) is 16.5. The molecule has 0 saturated carbocycles. The van der Waals surface area contributed by atoms with Crippen LogP contribution < -0.4 is 5.32 Å². The molecule has 1 aromatic carbocycles. The van der Waals surface area contributed by atoms with Crippen LogP contribution in [0, 0.1) is 0 Å². The monoisotopic (exact) mass is 346 g/mol. The van der Waals surface area contributed by atoms with Gasteiger partial charge in [-0.05, 0) is 31.5 Å². The largest absolute Gasteiger partial charge is 0.352 e. The van der Waals surface area contributed by atoms with E-state index in [0.29, 0.717) is 15.8 Å². The van der Waals surface area contributed by atoms with Crippen LogP contribution in [0.5, 0.6) is 0 Å². The van der Waals surface area contributed by atoms with Gasteiger partial charge in [-0.15, -0.1) is 11.8 Å². The van der Waals surface area contributed by atoms with Crippen LogP contribution in [0.4, 0.5) is 0 Å². The number of hydrogen-bond acceptors (Lipinski definition) is 3. The second kappa shape index (κ2) is 6.90. The van der Waals surface area contributed by atoms with Crippen LogP contribution in [0.2, 0.25) is 10.0 Å². The van der Waals surface area contributed by atoms with Crippen molar-refractivity contribution in [1.82, 2.24) is 10.2 Å². The van der Waals surface area contributed by atoms with Crippen LogP contribution in [-0.4, -0.2) is 35.1 Å². The molecule has 21 heavy (non-hydrogen) atoms. The van der Waals surface area contributed by atoms with Crippen LogP contribution >= 0.6 is 35.0 Å². The Morgan fingerprint density at radius 2 is 2.14 bits per heavy atom. The van der Waals surface area contributed by atoms with Gasteiger partial charge < -0.3 is 10.2 Å². The SMILES string of the molecule is CC(C)NC(=O)CN1C(=O)CS[C@H]1c1ccc(Cl)c(Cl)c1. The number of amides is 2. The Morgan fingerprint density at radius 3 is 2.76 bits per heavy atom. The summed E-state index contributed by atoms with van der Waals surface area (Å²) in [4.78, 5) is 25.5. The van der Waals surface area contributed by atoms with E-state index in [-0.39, 0.29) is 29.8 Å². The molecule has 1 heterocycles. The summed E-state index contributed by atoms with van der Waals surface area (Å²) in [6.07, 6.45) is 0. The van der Waals surface area contributed by atoms with E-state index in [2.05, 4.69) is 5.32 Å². The third-order valence-corrected chi connectivity index (χ3v) is 4.96. The summed E-state index contributed by atoms with van der Waals surface area (Å²) in [7, 11) is 0. The van der Waals surface area contributed by atoms with Gasteiger partial charge in [-0.1, -0.05) is 29.3 Å². The summed E-state index contributed by atoms with van der Waals surface area (Å²) in [6, 6.07) is 5.33. The van der Waals surface area contributed by atoms with Crippen LogP contribution in [0.15, 0.2) is 18.2 Å². The van der Waals surface area contributed by atoms with Gasteiger partial charge in [-0.3, -0.25) is 9.59 Å². The molecule has 2 rings (SSSR count). The molecular weight excluding hydrogens is 331 g/mol. The van der Waals surface area contributed by atoms with Crippen LogP contribution in [0.25, 0.3) is 0 Å². The minimum Gasteiger partial charge on any atom is -0.352 e. The number of benzene rings is 1. The molecule has 0 aromatic heterocycles. The van der Waals surface area contributed by atoms with Crippen molar-refractivity contribution in [2.24, 2.45) is 0 Å². The summed E-state index contributed by atoms with van der Waals surface area (Å²) in [5.41, 5.74) is 0.873. The molecule has 114 valence electrons. The van der Waals surface area contributed by atoms with Crippen molar-refractivity contribution in [1.29, 1.82) is 0 Å². The zero-order valence-electron chi connectivity index (χ0n) is 11.7. The number of thioether (sulfide) groups is 1. The fraction of sp³-hybridized carbons (Fsp3) is 0.429. The summed E-state index contributed by atoms with van der Waals surface area (Å²) in [5, 5.41) is 3.51. The summed E-state index contributed by atoms with van der Waals surface area (Å²) < 4.78 is 0. The zero-order chi connectivity index (χ0) is 15.6. The molecule has 0 aliphatic carbocycles. The predicted molar refractivity (Wildman–Crippen MR) is 86.7 cm³/mol. The van der Waals surface area contributed by atoms with Gasteiger partial charge in [0.05, 0.1) is 15.8 Å². The maximum absolute atomic E-state index is 12.0. The maximum atomic E-state index is 12.0. The molecule has 0 bridgehead atoms. The smallest absolute Gasteiger partial charge is 0.239 e. The van der Waals surface area contributed by atoms with Gasteiger partial charge in [0.1, 0.15) is 11.9 Å². The first-order valence-corrected chi connectivity index (χ1v) is 8.34. The Balaban J connectivity index is 2.16. The first-order valence-electron chi connectivity index (χ1n) is 6.54. The zero-order valence-corrected chi connectivity index (χ0v) is 14.1. The molecule has 1 fully saturated rings. The minimum absolute atomic E-state index is 0.0463. The van der Waals surface area contributed by atoms with E-state index in [1.54, 1.807) is 17.0 Å². The Labute approximate surface area is 138 Å². The highest BCUT2D eigenvalue weighted by atomic mass is 35.5. The number of carbonyl (C=O) groups is 2. The van der Waals surface area contributed by atoms with Crippen LogP contribution in [0.1, 0.15) is 24.8 Å². The Hall–Kier alpha value is -0.910.